The molecule has 152 valence electrons. The quantitative estimate of drug-likeness (QED) is 0.751. The number of aryl methyl sites for hydroxylation is 1. The van der Waals surface area contributed by atoms with Crippen molar-refractivity contribution < 1.29 is 14.3 Å². The second-order valence-corrected chi connectivity index (χ2v) is 8.78. The third-order valence-corrected chi connectivity index (χ3v) is 6.08. The van der Waals surface area contributed by atoms with Gasteiger partial charge in [0.1, 0.15) is 11.5 Å². The number of fused-ring (bicyclic) bond motifs is 1. The molecule has 29 heavy (non-hydrogen) atoms. The molecular formula is C25H29NO3. The minimum absolute atomic E-state index is 0.0556. The lowest BCUT2D eigenvalue weighted by Crippen LogP contribution is -2.34. The van der Waals surface area contributed by atoms with Crippen molar-refractivity contribution in [1.82, 2.24) is 0 Å². The van der Waals surface area contributed by atoms with Gasteiger partial charge in [-0.1, -0.05) is 45.0 Å². The van der Waals surface area contributed by atoms with Crippen molar-refractivity contribution in [3.05, 3.63) is 64.4 Å². The Morgan fingerprint density at radius 1 is 1.07 bits per heavy atom. The maximum absolute atomic E-state index is 13.3. The first kappa shape index (κ1) is 19.6. The Balaban J connectivity index is 1.96. The lowest BCUT2D eigenvalue weighted by atomic mass is 9.68. The monoisotopic (exact) mass is 391 g/mol. The molecule has 1 aliphatic heterocycles. The normalized spacial score (nSPS) is 19.9. The van der Waals surface area contributed by atoms with Gasteiger partial charge >= 0.3 is 0 Å². The van der Waals surface area contributed by atoms with Crippen LogP contribution >= 0.6 is 0 Å². The summed E-state index contributed by atoms with van der Waals surface area (Å²) < 4.78 is 11.2. The number of rotatable bonds is 4. The predicted octanol–water partition coefficient (Wildman–Crippen LogP) is 5.47. The molecule has 0 saturated heterocycles. The standard InChI is InChI=1S/C25H29NO3/c1-6-15-7-9-16(10-8-15)22-23-19(13-25(2,3)14-20(23)27)26-18-11-17(28-4)12-21(29-5)24(18)22/h7-12,22,26H,6,13-14H2,1-5H3. The Kier molecular flexibility index (Phi) is 4.89. The highest BCUT2D eigenvalue weighted by atomic mass is 16.5. The van der Waals surface area contributed by atoms with E-state index in [1.165, 1.54) is 5.56 Å². The largest absolute Gasteiger partial charge is 0.497 e. The van der Waals surface area contributed by atoms with Gasteiger partial charge in [-0.3, -0.25) is 4.79 Å². The van der Waals surface area contributed by atoms with Crippen LogP contribution in [0.2, 0.25) is 0 Å². The molecule has 2 aromatic rings. The molecule has 2 aliphatic rings. The molecule has 4 nitrogen and oxygen atoms in total. The Labute approximate surface area is 172 Å². The van der Waals surface area contributed by atoms with Gasteiger partial charge in [0, 0.05) is 47.0 Å². The Morgan fingerprint density at radius 3 is 2.41 bits per heavy atom. The Hall–Kier alpha value is -2.75. The van der Waals surface area contributed by atoms with E-state index in [0.717, 1.165) is 52.4 Å². The molecule has 4 rings (SSSR count). The maximum Gasteiger partial charge on any atom is 0.162 e. The van der Waals surface area contributed by atoms with Crippen LogP contribution < -0.4 is 14.8 Å². The van der Waals surface area contributed by atoms with E-state index in [2.05, 4.69) is 50.4 Å². The predicted molar refractivity (Wildman–Crippen MR) is 116 cm³/mol. The number of Topliss-reactive ketones (excluding diaryl/α,β-unsaturated/α-hetero) is 1. The van der Waals surface area contributed by atoms with Crippen molar-refractivity contribution in [3.8, 4) is 11.5 Å². The molecule has 1 heterocycles. The van der Waals surface area contributed by atoms with Crippen LogP contribution in [-0.2, 0) is 11.2 Å². The molecule has 0 bridgehead atoms. The Bertz CT molecular complexity index is 986. The van der Waals surface area contributed by atoms with Crippen molar-refractivity contribution in [2.24, 2.45) is 5.41 Å². The summed E-state index contributed by atoms with van der Waals surface area (Å²) in [5, 5.41) is 3.56. The Morgan fingerprint density at radius 2 is 1.79 bits per heavy atom. The molecule has 0 spiro atoms. The number of allylic oxidation sites excluding steroid dienone is 2. The number of methoxy groups -OCH3 is 2. The molecule has 0 saturated carbocycles. The first-order chi connectivity index (χ1) is 13.9. The summed E-state index contributed by atoms with van der Waals surface area (Å²) in [6, 6.07) is 12.5. The number of benzene rings is 2. The number of carbonyl (C=O) groups is 1. The molecule has 1 aliphatic carbocycles. The fraction of sp³-hybridized carbons (Fsp3) is 0.400. The zero-order valence-electron chi connectivity index (χ0n) is 17.9. The number of anilines is 1. The van der Waals surface area contributed by atoms with Crippen LogP contribution in [0.25, 0.3) is 0 Å². The van der Waals surface area contributed by atoms with E-state index in [4.69, 9.17) is 9.47 Å². The molecule has 1 atom stereocenters. The number of carbonyl (C=O) groups excluding carboxylic acids is 1. The number of hydrogen-bond donors (Lipinski definition) is 1. The van der Waals surface area contributed by atoms with E-state index in [-0.39, 0.29) is 17.1 Å². The van der Waals surface area contributed by atoms with Crippen LogP contribution in [0.15, 0.2) is 47.7 Å². The topological polar surface area (TPSA) is 47.6 Å². The molecule has 0 fully saturated rings. The summed E-state index contributed by atoms with van der Waals surface area (Å²) in [4.78, 5) is 13.3. The lowest BCUT2D eigenvalue weighted by Gasteiger charge is -2.40. The van der Waals surface area contributed by atoms with Crippen LogP contribution in [0, 0.1) is 5.41 Å². The van der Waals surface area contributed by atoms with Crippen molar-refractivity contribution in [3.63, 3.8) is 0 Å². The second-order valence-electron chi connectivity index (χ2n) is 8.78. The highest BCUT2D eigenvalue weighted by Gasteiger charge is 2.42. The summed E-state index contributed by atoms with van der Waals surface area (Å²) in [5.74, 6) is 1.55. The molecular weight excluding hydrogens is 362 g/mol. The number of ether oxygens (including phenoxy) is 2. The number of nitrogens with one attached hydrogen (secondary N) is 1. The van der Waals surface area contributed by atoms with Gasteiger partial charge in [-0.2, -0.15) is 0 Å². The SMILES string of the molecule is CCc1ccc(C2C3=C(CC(C)(C)CC3=O)Nc3cc(OC)cc(OC)c32)cc1. The average molecular weight is 392 g/mol. The third kappa shape index (κ3) is 3.41. The van der Waals surface area contributed by atoms with Gasteiger partial charge in [0.2, 0.25) is 0 Å². The lowest BCUT2D eigenvalue weighted by molar-refractivity contribution is -0.118. The van der Waals surface area contributed by atoms with E-state index in [0.29, 0.717) is 6.42 Å². The van der Waals surface area contributed by atoms with E-state index < -0.39 is 0 Å². The summed E-state index contributed by atoms with van der Waals surface area (Å²) in [5.41, 5.74) is 6.21. The van der Waals surface area contributed by atoms with E-state index in [9.17, 15) is 4.79 Å². The summed E-state index contributed by atoms with van der Waals surface area (Å²) in [6.45, 7) is 6.46. The molecule has 4 heteroatoms. The second kappa shape index (κ2) is 7.25. The minimum atomic E-state index is -0.142. The van der Waals surface area contributed by atoms with Gasteiger partial charge in [-0.15, -0.1) is 0 Å². The zero-order chi connectivity index (χ0) is 20.8. The van der Waals surface area contributed by atoms with Gasteiger partial charge in [-0.05, 0) is 29.4 Å². The molecule has 0 aromatic heterocycles. The first-order valence-corrected chi connectivity index (χ1v) is 10.2. The summed E-state index contributed by atoms with van der Waals surface area (Å²) in [7, 11) is 3.32. The third-order valence-electron chi connectivity index (χ3n) is 6.08. The molecule has 1 N–H and O–H groups in total. The van der Waals surface area contributed by atoms with Gasteiger partial charge in [0.15, 0.2) is 5.78 Å². The summed E-state index contributed by atoms with van der Waals surface area (Å²) >= 11 is 0. The van der Waals surface area contributed by atoms with Crippen LogP contribution in [0.4, 0.5) is 5.69 Å². The molecule has 0 radical (unpaired) electrons. The van der Waals surface area contributed by atoms with Crippen LogP contribution in [0.1, 0.15) is 56.2 Å². The zero-order valence-corrected chi connectivity index (χ0v) is 17.9. The molecule has 0 amide bonds. The highest BCUT2D eigenvalue weighted by Crippen LogP contribution is 2.52. The van der Waals surface area contributed by atoms with E-state index in [1.54, 1.807) is 14.2 Å². The number of ketones is 1. The molecule has 2 aromatic carbocycles. The van der Waals surface area contributed by atoms with Gasteiger partial charge in [-0.25, -0.2) is 0 Å². The first-order valence-electron chi connectivity index (χ1n) is 10.2. The minimum Gasteiger partial charge on any atom is -0.497 e. The van der Waals surface area contributed by atoms with Crippen LogP contribution in [0.5, 0.6) is 11.5 Å². The fourth-order valence-corrected chi connectivity index (χ4v) is 4.66. The van der Waals surface area contributed by atoms with Gasteiger partial charge < -0.3 is 14.8 Å². The fourth-order valence-electron chi connectivity index (χ4n) is 4.66. The van der Waals surface area contributed by atoms with Crippen LogP contribution in [-0.4, -0.2) is 20.0 Å². The van der Waals surface area contributed by atoms with E-state index in [1.807, 2.05) is 12.1 Å². The maximum atomic E-state index is 13.3. The van der Waals surface area contributed by atoms with E-state index >= 15 is 0 Å². The average Bonchev–Trinajstić information content (AvgIpc) is 2.70. The van der Waals surface area contributed by atoms with Crippen molar-refractivity contribution in [1.29, 1.82) is 0 Å². The highest BCUT2D eigenvalue weighted by molar-refractivity contribution is 6.02. The van der Waals surface area contributed by atoms with Crippen molar-refractivity contribution in [2.45, 2.75) is 46.0 Å². The summed E-state index contributed by atoms with van der Waals surface area (Å²) in [6.07, 6.45) is 2.39. The number of hydrogen-bond acceptors (Lipinski definition) is 4. The van der Waals surface area contributed by atoms with Crippen molar-refractivity contribution >= 4 is 11.5 Å². The van der Waals surface area contributed by atoms with Gasteiger partial charge in [0.05, 0.1) is 14.2 Å². The molecule has 1 unspecified atom stereocenters. The van der Waals surface area contributed by atoms with Crippen molar-refractivity contribution in [2.75, 3.05) is 19.5 Å². The smallest absolute Gasteiger partial charge is 0.162 e. The van der Waals surface area contributed by atoms with Crippen LogP contribution in [0.3, 0.4) is 0 Å². The van der Waals surface area contributed by atoms with Gasteiger partial charge in [0.25, 0.3) is 0 Å².